The zero-order chi connectivity index (χ0) is 18.3. The van der Waals surface area contributed by atoms with Crippen LogP contribution in [0, 0.1) is 19.7 Å². The number of hydrogen-bond donors (Lipinski definition) is 3. The second-order valence-electron chi connectivity index (χ2n) is 6.52. The zero-order valence-electron chi connectivity index (χ0n) is 14.7. The lowest BCUT2D eigenvalue weighted by Crippen LogP contribution is -2.78. The molecule has 0 aliphatic carbocycles. The molecule has 2 aromatic rings. The maximum Gasteiger partial charge on any atom is 0.160 e. The highest BCUT2D eigenvalue weighted by molar-refractivity contribution is 5.58. The van der Waals surface area contributed by atoms with E-state index in [0.29, 0.717) is 5.69 Å². The first-order valence-corrected chi connectivity index (χ1v) is 8.19. The van der Waals surface area contributed by atoms with Crippen molar-refractivity contribution in [3.8, 4) is 0 Å². The molecule has 2 aromatic carbocycles. The van der Waals surface area contributed by atoms with Gasteiger partial charge < -0.3 is 9.80 Å². The zero-order valence-corrected chi connectivity index (χ0v) is 14.7. The van der Waals surface area contributed by atoms with Crippen LogP contribution in [0.25, 0.3) is 0 Å². The Morgan fingerprint density at radius 3 is 2.00 bits per heavy atom. The molecule has 6 nitrogen and oxygen atoms in total. The lowest BCUT2D eigenvalue weighted by atomic mass is 10.1. The van der Waals surface area contributed by atoms with Crippen LogP contribution >= 0.6 is 0 Å². The van der Waals surface area contributed by atoms with Gasteiger partial charge in [-0.15, -0.1) is 0 Å². The Morgan fingerprint density at radius 2 is 1.40 bits per heavy atom. The molecule has 3 unspecified atom stereocenters. The van der Waals surface area contributed by atoms with Gasteiger partial charge in [0.2, 0.25) is 0 Å². The molecule has 3 atom stereocenters. The smallest absolute Gasteiger partial charge is 0.160 e. The number of hydrogen-bond acceptors (Lipinski definition) is 6. The number of rotatable bonds is 2. The van der Waals surface area contributed by atoms with Crippen LogP contribution in [0.15, 0.2) is 42.5 Å². The van der Waals surface area contributed by atoms with Crippen molar-refractivity contribution in [2.75, 3.05) is 16.8 Å². The summed E-state index contributed by atoms with van der Waals surface area (Å²) in [5.74, 6) is -0.377. The highest BCUT2D eigenvalue weighted by atomic mass is 19.1. The van der Waals surface area contributed by atoms with E-state index in [1.165, 1.54) is 6.07 Å². The molecule has 6 N–H and O–H groups in total. The fraction of sp³-hybridized carbons (Fsp3) is 0.333. The minimum atomic E-state index is -0.709. The molecule has 1 fully saturated rings. The van der Waals surface area contributed by atoms with Crippen molar-refractivity contribution >= 4 is 11.4 Å². The number of aryl methyl sites for hydroxylation is 2. The predicted molar refractivity (Wildman–Crippen MR) is 99.0 cm³/mol. The molecule has 0 amide bonds. The lowest BCUT2D eigenvalue weighted by Gasteiger charge is -2.54. The van der Waals surface area contributed by atoms with E-state index in [1.54, 1.807) is 35.0 Å². The van der Waals surface area contributed by atoms with E-state index in [4.69, 9.17) is 17.2 Å². The van der Waals surface area contributed by atoms with Crippen molar-refractivity contribution in [3.63, 3.8) is 0 Å². The third-order valence-electron chi connectivity index (χ3n) is 4.61. The average Bonchev–Trinajstić information content (AvgIpc) is 2.54. The van der Waals surface area contributed by atoms with Gasteiger partial charge in [0.15, 0.2) is 6.29 Å². The monoisotopic (exact) mass is 344 g/mol. The molecule has 1 heterocycles. The van der Waals surface area contributed by atoms with Gasteiger partial charge in [-0.2, -0.15) is 0 Å². The topological polar surface area (TPSA) is 87.8 Å². The Kier molecular flexibility index (Phi) is 4.66. The first-order valence-electron chi connectivity index (χ1n) is 8.19. The second-order valence-corrected chi connectivity index (χ2v) is 6.52. The van der Waals surface area contributed by atoms with Crippen LogP contribution in [0.1, 0.15) is 11.1 Å². The molecule has 134 valence electrons. The molecular formula is C18H25FN6. The highest BCUT2D eigenvalue weighted by Crippen LogP contribution is 2.31. The molecule has 0 bridgehead atoms. The predicted octanol–water partition coefficient (Wildman–Crippen LogP) is 1.43. The quantitative estimate of drug-likeness (QED) is 0.764. The second kappa shape index (κ2) is 6.61. The number of nitrogens with two attached hydrogens (primary N) is 3. The minimum Gasteiger partial charge on any atom is -0.310 e. The van der Waals surface area contributed by atoms with E-state index in [9.17, 15) is 4.39 Å². The lowest BCUT2D eigenvalue weighted by molar-refractivity contribution is 0.113. The first kappa shape index (κ1) is 17.6. The molecule has 0 spiro atoms. The van der Waals surface area contributed by atoms with Crippen LogP contribution in [0.4, 0.5) is 15.8 Å². The third-order valence-corrected chi connectivity index (χ3v) is 4.61. The van der Waals surface area contributed by atoms with E-state index in [-0.39, 0.29) is 5.82 Å². The normalized spacial score (nSPS) is 24.7. The molecule has 0 radical (unpaired) electrons. The average molecular weight is 344 g/mol. The van der Waals surface area contributed by atoms with Crippen molar-refractivity contribution < 1.29 is 4.39 Å². The number of nitrogens with zero attached hydrogens (tertiary/aromatic N) is 3. The van der Waals surface area contributed by atoms with Gasteiger partial charge in [-0.1, -0.05) is 18.2 Å². The van der Waals surface area contributed by atoms with Crippen molar-refractivity contribution in [2.24, 2.45) is 17.2 Å². The highest BCUT2D eigenvalue weighted by Gasteiger charge is 2.41. The maximum absolute atomic E-state index is 14.4. The Morgan fingerprint density at radius 1 is 0.840 bits per heavy atom. The van der Waals surface area contributed by atoms with Gasteiger partial charge >= 0.3 is 0 Å². The summed E-state index contributed by atoms with van der Waals surface area (Å²) in [6.45, 7) is 4.03. The molecule has 1 aliphatic heterocycles. The standard InChI is InChI=1S/C18H25FN6/c1-11-8-12(2)10-13(9-11)24-16(20)23(3)17(21)25(18(24)22)15-7-5-4-6-14(15)19/h4-10,16-18H,20-22H2,1-3H3. The fourth-order valence-corrected chi connectivity index (χ4v) is 3.35. The maximum atomic E-state index is 14.4. The van der Waals surface area contributed by atoms with E-state index < -0.39 is 18.9 Å². The summed E-state index contributed by atoms with van der Waals surface area (Å²) in [5, 5.41) is 0. The van der Waals surface area contributed by atoms with Gasteiger partial charge in [0.05, 0.1) is 5.69 Å². The van der Waals surface area contributed by atoms with Gasteiger partial charge in [-0.05, 0) is 56.3 Å². The number of halogens is 1. The molecule has 1 aliphatic rings. The summed E-state index contributed by atoms with van der Waals surface area (Å²) in [7, 11) is 1.80. The van der Waals surface area contributed by atoms with Gasteiger partial charge in [0.1, 0.15) is 18.4 Å². The summed E-state index contributed by atoms with van der Waals surface area (Å²) in [6.07, 6.45) is -1.89. The molecule has 3 rings (SSSR count). The number of para-hydroxylation sites is 1. The summed E-state index contributed by atoms with van der Waals surface area (Å²) >= 11 is 0. The Labute approximate surface area is 147 Å². The summed E-state index contributed by atoms with van der Waals surface area (Å²) in [5.41, 5.74) is 22.6. The number of anilines is 2. The summed E-state index contributed by atoms with van der Waals surface area (Å²) in [6, 6.07) is 12.6. The Bertz CT molecular complexity index is 747. The fourth-order valence-electron chi connectivity index (χ4n) is 3.35. The molecule has 1 saturated heterocycles. The van der Waals surface area contributed by atoms with Crippen LogP contribution < -0.4 is 27.0 Å². The Hall–Kier alpha value is -2.19. The van der Waals surface area contributed by atoms with Crippen LogP contribution in [-0.2, 0) is 0 Å². The van der Waals surface area contributed by atoms with E-state index in [1.807, 2.05) is 30.9 Å². The van der Waals surface area contributed by atoms with E-state index in [0.717, 1.165) is 16.8 Å². The van der Waals surface area contributed by atoms with Crippen molar-refractivity contribution in [2.45, 2.75) is 32.7 Å². The summed E-state index contributed by atoms with van der Waals surface area (Å²) < 4.78 is 14.4. The molecule has 7 heteroatoms. The van der Waals surface area contributed by atoms with E-state index in [2.05, 4.69) is 6.07 Å². The largest absolute Gasteiger partial charge is 0.310 e. The SMILES string of the molecule is Cc1cc(C)cc(N2C(N)N(C)C(N)N(c3ccccc3F)C2N)c1. The van der Waals surface area contributed by atoms with Crippen LogP contribution in [0.2, 0.25) is 0 Å². The van der Waals surface area contributed by atoms with Crippen molar-refractivity contribution in [3.05, 3.63) is 59.4 Å². The van der Waals surface area contributed by atoms with Crippen molar-refractivity contribution in [1.82, 2.24) is 4.90 Å². The molecule has 0 aromatic heterocycles. The van der Waals surface area contributed by atoms with Crippen LogP contribution in [-0.4, -0.2) is 30.8 Å². The van der Waals surface area contributed by atoms with Crippen LogP contribution in [0.5, 0.6) is 0 Å². The summed E-state index contributed by atoms with van der Waals surface area (Å²) in [4.78, 5) is 5.24. The Balaban J connectivity index is 2.08. The van der Waals surface area contributed by atoms with Gasteiger partial charge in [0.25, 0.3) is 0 Å². The van der Waals surface area contributed by atoms with Crippen molar-refractivity contribution in [1.29, 1.82) is 0 Å². The van der Waals surface area contributed by atoms with Crippen LogP contribution in [0.3, 0.4) is 0 Å². The third kappa shape index (κ3) is 3.07. The molecular weight excluding hydrogens is 319 g/mol. The van der Waals surface area contributed by atoms with E-state index >= 15 is 0 Å². The first-order chi connectivity index (χ1) is 11.8. The molecule has 25 heavy (non-hydrogen) atoms. The number of benzene rings is 2. The minimum absolute atomic E-state index is 0.343. The van der Waals surface area contributed by atoms with Gasteiger partial charge in [0, 0.05) is 5.69 Å². The van der Waals surface area contributed by atoms with Gasteiger partial charge in [-0.3, -0.25) is 17.2 Å². The molecule has 0 saturated carbocycles. The van der Waals surface area contributed by atoms with Gasteiger partial charge in [-0.25, -0.2) is 9.29 Å².